The Morgan fingerprint density at radius 1 is 1.14 bits per heavy atom. The fourth-order valence-electron chi connectivity index (χ4n) is 3.52. The van der Waals surface area contributed by atoms with Crippen molar-refractivity contribution >= 4 is 17.5 Å². The van der Waals surface area contributed by atoms with Gasteiger partial charge in [-0.2, -0.15) is 0 Å². The highest BCUT2D eigenvalue weighted by Gasteiger charge is 2.48. The molecule has 1 aromatic rings. The second kappa shape index (κ2) is 5.60. The molecule has 4 heteroatoms. The first-order valence-corrected chi connectivity index (χ1v) is 7.78. The Morgan fingerprint density at radius 2 is 1.76 bits per heavy atom. The lowest BCUT2D eigenvalue weighted by molar-refractivity contribution is -0.122. The van der Waals surface area contributed by atoms with Gasteiger partial charge in [0.05, 0.1) is 17.5 Å². The topological polar surface area (TPSA) is 49.4 Å². The molecule has 1 N–H and O–H groups in total. The summed E-state index contributed by atoms with van der Waals surface area (Å²) in [5.41, 5.74) is 1.81. The number of carbonyl (C=O) groups is 2. The fraction of sp³-hybridized carbons (Fsp3) is 0.529. The van der Waals surface area contributed by atoms with Crippen LogP contribution < -0.4 is 10.2 Å². The van der Waals surface area contributed by atoms with Crippen LogP contribution in [0.15, 0.2) is 24.3 Å². The SMILES string of the molecule is CNC(C)c1cccc(N2C(=O)C3CCCCC3C2=O)c1. The van der Waals surface area contributed by atoms with E-state index in [1.54, 1.807) is 0 Å². The van der Waals surface area contributed by atoms with Gasteiger partial charge in [-0.15, -0.1) is 0 Å². The zero-order valence-electron chi connectivity index (χ0n) is 12.6. The van der Waals surface area contributed by atoms with E-state index in [1.807, 2.05) is 31.3 Å². The molecule has 3 unspecified atom stereocenters. The number of anilines is 1. The van der Waals surface area contributed by atoms with Crippen LogP contribution in [-0.2, 0) is 9.59 Å². The van der Waals surface area contributed by atoms with E-state index in [-0.39, 0.29) is 29.7 Å². The minimum Gasteiger partial charge on any atom is -0.313 e. The average molecular weight is 286 g/mol. The number of fused-ring (bicyclic) bond motifs is 1. The van der Waals surface area contributed by atoms with Crippen LogP contribution in [0.1, 0.15) is 44.2 Å². The maximum Gasteiger partial charge on any atom is 0.237 e. The molecule has 1 heterocycles. The molecule has 1 aliphatic heterocycles. The number of amides is 2. The van der Waals surface area contributed by atoms with E-state index >= 15 is 0 Å². The van der Waals surface area contributed by atoms with E-state index < -0.39 is 0 Å². The number of nitrogens with zero attached hydrogens (tertiary/aromatic N) is 1. The van der Waals surface area contributed by atoms with Crippen molar-refractivity contribution in [2.45, 2.75) is 38.6 Å². The van der Waals surface area contributed by atoms with Crippen molar-refractivity contribution in [1.82, 2.24) is 5.32 Å². The number of rotatable bonds is 3. The summed E-state index contributed by atoms with van der Waals surface area (Å²) in [5, 5.41) is 3.18. The van der Waals surface area contributed by atoms with Gasteiger partial charge < -0.3 is 5.32 Å². The maximum absolute atomic E-state index is 12.6. The summed E-state index contributed by atoms with van der Waals surface area (Å²) in [6.45, 7) is 2.06. The lowest BCUT2D eigenvalue weighted by Crippen LogP contribution is -2.31. The van der Waals surface area contributed by atoms with Crippen molar-refractivity contribution in [3.63, 3.8) is 0 Å². The van der Waals surface area contributed by atoms with E-state index in [1.165, 1.54) is 4.90 Å². The maximum atomic E-state index is 12.6. The number of imide groups is 1. The summed E-state index contributed by atoms with van der Waals surface area (Å²) in [5.74, 6) is -0.175. The zero-order valence-corrected chi connectivity index (χ0v) is 12.6. The molecule has 0 radical (unpaired) electrons. The normalized spacial score (nSPS) is 26.9. The van der Waals surface area contributed by atoms with Crippen molar-refractivity contribution in [2.75, 3.05) is 11.9 Å². The highest BCUT2D eigenvalue weighted by molar-refractivity contribution is 6.22. The van der Waals surface area contributed by atoms with Crippen molar-refractivity contribution in [3.8, 4) is 0 Å². The molecule has 0 bridgehead atoms. The molecule has 1 saturated heterocycles. The monoisotopic (exact) mass is 286 g/mol. The van der Waals surface area contributed by atoms with Gasteiger partial charge in [0.25, 0.3) is 0 Å². The minimum absolute atomic E-state index is 0.000962. The van der Waals surface area contributed by atoms with Crippen molar-refractivity contribution in [3.05, 3.63) is 29.8 Å². The lowest BCUT2D eigenvalue weighted by Gasteiger charge is -2.19. The summed E-state index contributed by atoms with van der Waals surface area (Å²) in [6, 6.07) is 7.94. The second-order valence-electron chi connectivity index (χ2n) is 6.11. The summed E-state index contributed by atoms with van der Waals surface area (Å²) in [7, 11) is 1.90. The molecular weight excluding hydrogens is 264 g/mol. The molecule has 4 nitrogen and oxygen atoms in total. The van der Waals surface area contributed by atoms with Gasteiger partial charge in [0, 0.05) is 6.04 Å². The Balaban J connectivity index is 1.93. The van der Waals surface area contributed by atoms with Crippen molar-refractivity contribution < 1.29 is 9.59 Å². The van der Waals surface area contributed by atoms with E-state index in [4.69, 9.17) is 0 Å². The third-order valence-electron chi connectivity index (χ3n) is 4.90. The van der Waals surface area contributed by atoms with E-state index in [0.29, 0.717) is 0 Å². The van der Waals surface area contributed by atoms with Gasteiger partial charge in [-0.05, 0) is 44.5 Å². The van der Waals surface area contributed by atoms with Gasteiger partial charge in [-0.25, -0.2) is 0 Å². The number of carbonyl (C=O) groups excluding carboxylic acids is 2. The van der Waals surface area contributed by atoms with Crippen LogP contribution in [0.3, 0.4) is 0 Å². The quantitative estimate of drug-likeness (QED) is 0.869. The molecule has 1 aromatic carbocycles. The first-order chi connectivity index (χ1) is 10.1. The number of hydrogen-bond donors (Lipinski definition) is 1. The molecule has 3 rings (SSSR count). The molecule has 3 atom stereocenters. The Bertz CT molecular complexity index is 546. The van der Waals surface area contributed by atoms with Crippen LogP contribution in [0, 0.1) is 11.8 Å². The summed E-state index contributed by atoms with van der Waals surface area (Å²) >= 11 is 0. The van der Waals surface area contributed by atoms with Gasteiger partial charge in [0.2, 0.25) is 11.8 Å². The van der Waals surface area contributed by atoms with Gasteiger partial charge >= 0.3 is 0 Å². The Labute approximate surface area is 125 Å². The van der Waals surface area contributed by atoms with E-state index in [9.17, 15) is 9.59 Å². The zero-order chi connectivity index (χ0) is 15.0. The molecular formula is C17H22N2O2. The van der Waals surface area contributed by atoms with Crippen LogP contribution in [-0.4, -0.2) is 18.9 Å². The third kappa shape index (κ3) is 2.38. The lowest BCUT2D eigenvalue weighted by atomic mass is 9.81. The van der Waals surface area contributed by atoms with Crippen molar-refractivity contribution in [1.29, 1.82) is 0 Å². The standard InChI is InChI=1S/C17H22N2O2/c1-11(18-2)12-6-5-7-13(10-12)19-16(20)14-8-3-4-9-15(14)17(19)21/h5-7,10-11,14-15,18H,3-4,8-9H2,1-2H3. The molecule has 2 amide bonds. The number of nitrogens with one attached hydrogen (secondary N) is 1. The van der Waals surface area contributed by atoms with Crippen LogP contribution in [0.25, 0.3) is 0 Å². The molecule has 0 aromatic heterocycles. The molecule has 0 spiro atoms. The predicted octanol–water partition coefficient (Wildman–Crippen LogP) is 2.65. The van der Waals surface area contributed by atoms with Crippen LogP contribution in [0.2, 0.25) is 0 Å². The van der Waals surface area contributed by atoms with Gasteiger partial charge in [-0.3, -0.25) is 14.5 Å². The third-order valence-corrected chi connectivity index (χ3v) is 4.90. The summed E-state index contributed by atoms with van der Waals surface area (Å²) < 4.78 is 0. The summed E-state index contributed by atoms with van der Waals surface area (Å²) in [6.07, 6.45) is 3.84. The number of benzene rings is 1. The van der Waals surface area contributed by atoms with Gasteiger partial charge in [0.15, 0.2) is 0 Å². The first kappa shape index (κ1) is 14.3. The van der Waals surface area contributed by atoms with Crippen molar-refractivity contribution in [2.24, 2.45) is 11.8 Å². The predicted molar refractivity (Wildman–Crippen MR) is 81.9 cm³/mol. The second-order valence-corrected chi connectivity index (χ2v) is 6.11. The Kier molecular flexibility index (Phi) is 3.81. The highest BCUT2D eigenvalue weighted by atomic mass is 16.2. The average Bonchev–Trinajstić information content (AvgIpc) is 2.78. The summed E-state index contributed by atoms with van der Waals surface area (Å²) in [4.78, 5) is 26.6. The smallest absolute Gasteiger partial charge is 0.237 e. The molecule has 21 heavy (non-hydrogen) atoms. The molecule has 112 valence electrons. The van der Waals surface area contributed by atoms with Crippen LogP contribution >= 0.6 is 0 Å². The van der Waals surface area contributed by atoms with E-state index in [0.717, 1.165) is 36.9 Å². The van der Waals surface area contributed by atoms with E-state index in [2.05, 4.69) is 12.2 Å². The Hall–Kier alpha value is -1.68. The Morgan fingerprint density at radius 3 is 2.33 bits per heavy atom. The molecule has 1 saturated carbocycles. The highest BCUT2D eigenvalue weighted by Crippen LogP contribution is 2.40. The van der Waals surface area contributed by atoms with Crippen LogP contribution in [0.4, 0.5) is 5.69 Å². The molecule has 1 aliphatic carbocycles. The van der Waals surface area contributed by atoms with Gasteiger partial charge in [0.1, 0.15) is 0 Å². The minimum atomic E-state index is -0.0865. The largest absolute Gasteiger partial charge is 0.313 e. The first-order valence-electron chi connectivity index (χ1n) is 7.78. The number of hydrogen-bond acceptors (Lipinski definition) is 3. The fourth-order valence-corrected chi connectivity index (χ4v) is 3.52. The molecule has 2 fully saturated rings. The van der Waals surface area contributed by atoms with Crippen LogP contribution in [0.5, 0.6) is 0 Å². The molecule has 2 aliphatic rings. The van der Waals surface area contributed by atoms with Gasteiger partial charge in [-0.1, -0.05) is 25.0 Å².